The Morgan fingerprint density at radius 1 is 0.929 bits per heavy atom. The number of aromatic amines is 2. The molecule has 0 atom stereocenters. The van der Waals surface area contributed by atoms with E-state index in [0.29, 0.717) is 17.0 Å². The molecule has 0 aliphatic rings. The highest BCUT2D eigenvalue weighted by Crippen LogP contribution is 2.28. The standard InChI is InChI=1S/C21H15F3N2O2/c1-12-9-19(28)20(13(2)26-12)17-11-25-16(10-18(17)27)8-5-14-3-6-15(7-4-14)21(22,23)24/h3-4,6-7,9-11H,1-2H3,(H,25,27)(H,26,28). The number of nitrogens with one attached hydrogen (secondary N) is 2. The van der Waals surface area contributed by atoms with Crippen LogP contribution in [-0.4, -0.2) is 9.97 Å². The van der Waals surface area contributed by atoms with Crippen molar-refractivity contribution in [2.24, 2.45) is 0 Å². The van der Waals surface area contributed by atoms with E-state index < -0.39 is 11.7 Å². The van der Waals surface area contributed by atoms with Gasteiger partial charge in [-0.15, -0.1) is 0 Å². The van der Waals surface area contributed by atoms with E-state index in [9.17, 15) is 22.8 Å². The minimum atomic E-state index is -4.40. The third kappa shape index (κ3) is 4.07. The second-order valence-corrected chi connectivity index (χ2v) is 6.27. The topological polar surface area (TPSA) is 65.7 Å². The van der Waals surface area contributed by atoms with Crippen LogP contribution in [0.3, 0.4) is 0 Å². The Hall–Kier alpha value is -3.53. The molecule has 0 saturated carbocycles. The molecule has 1 aromatic carbocycles. The monoisotopic (exact) mass is 384 g/mol. The van der Waals surface area contributed by atoms with Crippen LogP contribution in [0.1, 0.15) is 28.2 Å². The predicted octanol–water partition coefficient (Wildman–Crippen LogP) is 3.77. The molecule has 0 radical (unpaired) electrons. The molecule has 3 aromatic rings. The van der Waals surface area contributed by atoms with E-state index in [0.717, 1.165) is 12.1 Å². The smallest absolute Gasteiger partial charge is 0.362 e. The van der Waals surface area contributed by atoms with E-state index in [1.807, 2.05) is 0 Å². The summed E-state index contributed by atoms with van der Waals surface area (Å²) in [6.45, 7) is 3.46. The highest BCUT2D eigenvalue weighted by molar-refractivity contribution is 5.65. The van der Waals surface area contributed by atoms with Crippen molar-refractivity contribution in [1.29, 1.82) is 0 Å². The fourth-order valence-electron chi connectivity index (χ4n) is 2.80. The van der Waals surface area contributed by atoms with E-state index in [1.54, 1.807) is 13.8 Å². The van der Waals surface area contributed by atoms with E-state index in [-0.39, 0.29) is 27.7 Å². The molecule has 7 heteroatoms. The number of hydrogen-bond donors (Lipinski definition) is 2. The number of rotatable bonds is 1. The van der Waals surface area contributed by atoms with Crippen molar-refractivity contribution in [2.75, 3.05) is 0 Å². The maximum Gasteiger partial charge on any atom is 0.416 e. The zero-order valence-electron chi connectivity index (χ0n) is 15.0. The summed E-state index contributed by atoms with van der Waals surface area (Å²) in [5.41, 5.74) is 1.05. The quantitative estimate of drug-likeness (QED) is 0.628. The van der Waals surface area contributed by atoms with Gasteiger partial charge in [-0.2, -0.15) is 13.2 Å². The SMILES string of the molecule is Cc1cc(=O)c(-c2c[nH]c(C#Cc3ccc(C(F)(F)F)cc3)cc2=O)c(C)[nH]1. The van der Waals surface area contributed by atoms with Gasteiger partial charge in [0.25, 0.3) is 0 Å². The Morgan fingerprint density at radius 3 is 2.18 bits per heavy atom. The minimum Gasteiger partial charge on any atom is -0.362 e. The van der Waals surface area contributed by atoms with Crippen LogP contribution < -0.4 is 10.9 Å². The average Bonchev–Trinajstić information content (AvgIpc) is 2.60. The van der Waals surface area contributed by atoms with Gasteiger partial charge in [-0.05, 0) is 44.0 Å². The van der Waals surface area contributed by atoms with Gasteiger partial charge in [0.1, 0.15) is 0 Å². The fraction of sp³-hybridized carbons (Fsp3) is 0.143. The summed E-state index contributed by atoms with van der Waals surface area (Å²) in [5.74, 6) is 5.41. The highest BCUT2D eigenvalue weighted by Gasteiger charge is 2.29. The maximum atomic E-state index is 12.6. The number of aryl methyl sites for hydroxylation is 2. The lowest BCUT2D eigenvalue weighted by atomic mass is 10.0. The molecule has 0 amide bonds. The van der Waals surface area contributed by atoms with Gasteiger partial charge < -0.3 is 9.97 Å². The molecule has 142 valence electrons. The molecule has 0 saturated heterocycles. The lowest BCUT2D eigenvalue weighted by molar-refractivity contribution is -0.137. The second-order valence-electron chi connectivity index (χ2n) is 6.27. The van der Waals surface area contributed by atoms with Gasteiger partial charge >= 0.3 is 6.18 Å². The van der Waals surface area contributed by atoms with Crippen molar-refractivity contribution in [2.45, 2.75) is 20.0 Å². The molecular weight excluding hydrogens is 369 g/mol. The van der Waals surface area contributed by atoms with Crippen LogP contribution in [0, 0.1) is 25.7 Å². The summed E-state index contributed by atoms with van der Waals surface area (Å²) in [5, 5.41) is 0. The molecule has 4 nitrogen and oxygen atoms in total. The van der Waals surface area contributed by atoms with Gasteiger partial charge in [0, 0.05) is 35.3 Å². The molecule has 0 fully saturated rings. The van der Waals surface area contributed by atoms with E-state index in [2.05, 4.69) is 21.8 Å². The first kappa shape index (κ1) is 19.2. The average molecular weight is 384 g/mol. The fourth-order valence-corrected chi connectivity index (χ4v) is 2.80. The summed E-state index contributed by atoms with van der Waals surface area (Å²) in [7, 11) is 0. The lowest BCUT2D eigenvalue weighted by Gasteiger charge is -2.06. The first-order valence-electron chi connectivity index (χ1n) is 8.28. The summed E-state index contributed by atoms with van der Waals surface area (Å²) in [6, 6.07) is 7.09. The Labute approximate surface area is 158 Å². The zero-order chi connectivity index (χ0) is 20.5. The molecule has 2 N–H and O–H groups in total. The number of alkyl halides is 3. The Morgan fingerprint density at radius 2 is 1.61 bits per heavy atom. The minimum absolute atomic E-state index is 0.221. The summed E-state index contributed by atoms with van der Waals surface area (Å²) in [4.78, 5) is 30.5. The van der Waals surface area contributed by atoms with Crippen molar-refractivity contribution in [3.63, 3.8) is 0 Å². The van der Waals surface area contributed by atoms with Crippen molar-refractivity contribution in [3.05, 3.63) is 91.3 Å². The van der Waals surface area contributed by atoms with E-state index >= 15 is 0 Å². The van der Waals surface area contributed by atoms with Crippen molar-refractivity contribution in [3.8, 4) is 23.0 Å². The molecule has 0 aliphatic carbocycles. The van der Waals surface area contributed by atoms with Gasteiger partial charge in [0.2, 0.25) is 0 Å². The molecule has 2 aromatic heterocycles. The maximum absolute atomic E-state index is 12.6. The van der Waals surface area contributed by atoms with Crippen molar-refractivity contribution < 1.29 is 13.2 Å². The second kappa shape index (κ2) is 7.24. The molecule has 0 bridgehead atoms. The van der Waals surface area contributed by atoms with Crippen LogP contribution in [0.4, 0.5) is 13.2 Å². The van der Waals surface area contributed by atoms with E-state index in [1.165, 1.54) is 30.5 Å². The molecule has 28 heavy (non-hydrogen) atoms. The summed E-state index contributed by atoms with van der Waals surface area (Å²) in [6.07, 6.45) is -3.00. The van der Waals surface area contributed by atoms with E-state index in [4.69, 9.17) is 0 Å². The third-order valence-corrected chi connectivity index (χ3v) is 4.09. The molecule has 0 aliphatic heterocycles. The Bertz CT molecular complexity index is 1210. The van der Waals surface area contributed by atoms with Crippen LogP contribution in [0.5, 0.6) is 0 Å². The van der Waals surface area contributed by atoms with Gasteiger partial charge in [-0.25, -0.2) is 0 Å². The first-order chi connectivity index (χ1) is 13.1. The number of aromatic nitrogens is 2. The van der Waals surface area contributed by atoms with Crippen LogP contribution in [0.25, 0.3) is 11.1 Å². The molecule has 0 unspecified atom stereocenters. The Kier molecular flexibility index (Phi) is 4.97. The predicted molar refractivity (Wildman–Crippen MR) is 100 cm³/mol. The third-order valence-electron chi connectivity index (χ3n) is 4.09. The van der Waals surface area contributed by atoms with Gasteiger partial charge in [0.05, 0.1) is 22.4 Å². The Balaban J connectivity index is 1.92. The van der Waals surface area contributed by atoms with Crippen LogP contribution in [0.15, 0.2) is 52.2 Å². The number of halogens is 3. The first-order valence-corrected chi connectivity index (χ1v) is 8.28. The molecule has 2 heterocycles. The largest absolute Gasteiger partial charge is 0.416 e. The molecule has 0 spiro atoms. The van der Waals surface area contributed by atoms with Crippen molar-refractivity contribution >= 4 is 0 Å². The van der Waals surface area contributed by atoms with Crippen LogP contribution in [-0.2, 0) is 6.18 Å². The van der Waals surface area contributed by atoms with Crippen molar-refractivity contribution in [1.82, 2.24) is 9.97 Å². The summed E-state index contributed by atoms with van der Waals surface area (Å²) >= 11 is 0. The van der Waals surface area contributed by atoms with Gasteiger partial charge in [-0.3, -0.25) is 9.59 Å². The lowest BCUT2D eigenvalue weighted by Crippen LogP contribution is -2.15. The van der Waals surface area contributed by atoms with Crippen LogP contribution in [0.2, 0.25) is 0 Å². The normalized spacial score (nSPS) is 11.0. The highest BCUT2D eigenvalue weighted by atomic mass is 19.4. The van der Waals surface area contributed by atoms with Crippen LogP contribution >= 0.6 is 0 Å². The van der Waals surface area contributed by atoms with Gasteiger partial charge in [-0.1, -0.05) is 5.92 Å². The number of benzene rings is 1. The number of pyridine rings is 2. The number of H-pyrrole nitrogens is 2. The number of hydrogen-bond acceptors (Lipinski definition) is 2. The zero-order valence-corrected chi connectivity index (χ0v) is 15.0. The summed E-state index contributed by atoms with van der Waals surface area (Å²) < 4.78 is 37.7. The molecule has 3 rings (SSSR count). The van der Waals surface area contributed by atoms with Gasteiger partial charge in [0.15, 0.2) is 10.9 Å². The molecular formula is C21H15F3N2O2.